The zero-order valence-electron chi connectivity index (χ0n) is 14.0. The Balaban J connectivity index is 0.00000288. The summed E-state index contributed by atoms with van der Waals surface area (Å²) in [7, 11) is 0. The highest BCUT2D eigenvalue weighted by Crippen LogP contribution is 2.11. The minimum atomic E-state index is 0. The van der Waals surface area contributed by atoms with E-state index in [4.69, 9.17) is 5.73 Å². The summed E-state index contributed by atoms with van der Waals surface area (Å²) in [6.45, 7) is 1.81. The van der Waals surface area contributed by atoms with Crippen LogP contribution < -0.4 is 5.73 Å². The lowest BCUT2D eigenvalue weighted by Crippen LogP contribution is -2.38. The Morgan fingerprint density at radius 1 is 1.04 bits per heavy atom. The third-order valence-corrected chi connectivity index (χ3v) is 4.42. The molecule has 1 amide bonds. The van der Waals surface area contributed by atoms with Gasteiger partial charge in [-0.05, 0) is 24.1 Å². The SMILES string of the molecule is Cl.Cl.NCCN(CCc1ccccc1)C(=O)CSCc1ccccn1. The van der Waals surface area contributed by atoms with E-state index in [2.05, 4.69) is 17.1 Å². The third-order valence-electron chi connectivity index (χ3n) is 3.47. The predicted octanol–water partition coefficient (Wildman–Crippen LogP) is 3.19. The number of carbonyl (C=O) groups excluding carboxylic acids is 1. The van der Waals surface area contributed by atoms with Crippen LogP contribution in [0, 0.1) is 0 Å². The zero-order valence-corrected chi connectivity index (χ0v) is 16.5. The van der Waals surface area contributed by atoms with Gasteiger partial charge in [-0.2, -0.15) is 0 Å². The third kappa shape index (κ3) is 9.12. The van der Waals surface area contributed by atoms with Gasteiger partial charge in [0.25, 0.3) is 0 Å². The number of pyridine rings is 1. The van der Waals surface area contributed by atoms with Gasteiger partial charge in [-0.15, -0.1) is 36.6 Å². The summed E-state index contributed by atoms with van der Waals surface area (Å²) in [4.78, 5) is 18.5. The molecule has 0 saturated heterocycles. The second kappa shape index (κ2) is 14.0. The van der Waals surface area contributed by atoms with Crippen molar-refractivity contribution in [3.63, 3.8) is 0 Å². The molecular weight excluding hydrogens is 377 g/mol. The molecule has 1 aromatic carbocycles. The first-order valence-electron chi connectivity index (χ1n) is 7.79. The molecule has 0 unspecified atom stereocenters. The van der Waals surface area contributed by atoms with Crippen molar-refractivity contribution in [1.82, 2.24) is 9.88 Å². The van der Waals surface area contributed by atoms with Crippen molar-refractivity contribution in [3.05, 3.63) is 66.0 Å². The van der Waals surface area contributed by atoms with Crippen LogP contribution in [-0.4, -0.2) is 41.2 Å². The largest absolute Gasteiger partial charge is 0.340 e. The minimum absolute atomic E-state index is 0. The maximum absolute atomic E-state index is 12.4. The van der Waals surface area contributed by atoms with Crippen molar-refractivity contribution in [2.24, 2.45) is 5.73 Å². The second-order valence-corrected chi connectivity index (χ2v) is 6.20. The van der Waals surface area contributed by atoms with Gasteiger partial charge in [0.15, 0.2) is 0 Å². The van der Waals surface area contributed by atoms with Crippen molar-refractivity contribution >= 4 is 42.5 Å². The molecule has 0 aliphatic rings. The first-order chi connectivity index (χ1) is 11.3. The Morgan fingerprint density at radius 2 is 1.76 bits per heavy atom. The average Bonchev–Trinajstić information content (AvgIpc) is 2.60. The zero-order chi connectivity index (χ0) is 16.3. The Kier molecular flexibility index (Phi) is 13.2. The molecule has 138 valence electrons. The first kappa shape index (κ1) is 23.7. The number of benzene rings is 1. The summed E-state index contributed by atoms with van der Waals surface area (Å²) in [6.07, 6.45) is 2.63. The van der Waals surface area contributed by atoms with E-state index >= 15 is 0 Å². The van der Waals surface area contributed by atoms with Crippen molar-refractivity contribution < 1.29 is 4.79 Å². The molecule has 7 heteroatoms. The Labute approximate surface area is 166 Å². The maximum Gasteiger partial charge on any atom is 0.232 e. The smallest absolute Gasteiger partial charge is 0.232 e. The Bertz CT molecular complexity index is 587. The fourth-order valence-electron chi connectivity index (χ4n) is 2.24. The quantitative estimate of drug-likeness (QED) is 0.700. The highest BCUT2D eigenvalue weighted by Gasteiger charge is 2.12. The molecular formula is C18H25Cl2N3OS. The van der Waals surface area contributed by atoms with Crippen LogP contribution in [-0.2, 0) is 17.0 Å². The molecule has 25 heavy (non-hydrogen) atoms. The molecule has 2 rings (SSSR count). The van der Waals surface area contributed by atoms with Crippen molar-refractivity contribution in [2.75, 3.05) is 25.4 Å². The molecule has 0 bridgehead atoms. The number of amides is 1. The van der Waals surface area contributed by atoms with E-state index in [1.54, 1.807) is 18.0 Å². The van der Waals surface area contributed by atoms with Crippen LogP contribution in [0.5, 0.6) is 0 Å². The molecule has 0 atom stereocenters. The lowest BCUT2D eigenvalue weighted by atomic mass is 10.1. The monoisotopic (exact) mass is 401 g/mol. The molecule has 4 nitrogen and oxygen atoms in total. The van der Waals surface area contributed by atoms with Gasteiger partial charge in [-0.3, -0.25) is 9.78 Å². The van der Waals surface area contributed by atoms with Crippen molar-refractivity contribution in [1.29, 1.82) is 0 Å². The number of rotatable bonds is 9. The van der Waals surface area contributed by atoms with E-state index in [0.29, 0.717) is 25.4 Å². The van der Waals surface area contributed by atoms with Gasteiger partial charge >= 0.3 is 0 Å². The van der Waals surface area contributed by atoms with Gasteiger partial charge in [0.1, 0.15) is 0 Å². The molecule has 1 heterocycles. The van der Waals surface area contributed by atoms with E-state index in [-0.39, 0.29) is 30.7 Å². The van der Waals surface area contributed by atoms with Crippen LogP contribution in [0.15, 0.2) is 54.7 Å². The molecule has 2 aromatic rings. The van der Waals surface area contributed by atoms with Gasteiger partial charge in [0.05, 0.1) is 11.4 Å². The topological polar surface area (TPSA) is 59.2 Å². The molecule has 0 fully saturated rings. The summed E-state index contributed by atoms with van der Waals surface area (Å²) < 4.78 is 0. The summed E-state index contributed by atoms with van der Waals surface area (Å²) >= 11 is 1.60. The number of nitrogens with two attached hydrogens (primary N) is 1. The molecule has 1 aromatic heterocycles. The fraction of sp³-hybridized carbons (Fsp3) is 0.333. The molecule has 0 aliphatic heterocycles. The number of thioether (sulfide) groups is 1. The first-order valence-corrected chi connectivity index (χ1v) is 8.94. The lowest BCUT2D eigenvalue weighted by molar-refractivity contribution is -0.128. The van der Waals surface area contributed by atoms with Gasteiger partial charge < -0.3 is 10.6 Å². The van der Waals surface area contributed by atoms with Crippen molar-refractivity contribution in [3.8, 4) is 0 Å². The van der Waals surface area contributed by atoms with Crippen LogP contribution in [0.4, 0.5) is 0 Å². The Morgan fingerprint density at radius 3 is 2.40 bits per heavy atom. The number of nitrogens with zero attached hydrogens (tertiary/aromatic N) is 2. The summed E-state index contributed by atoms with van der Waals surface area (Å²) in [5, 5.41) is 0. The summed E-state index contributed by atoms with van der Waals surface area (Å²) in [6, 6.07) is 16.0. The highest BCUT2D eigenvalue weighted by atomic mass is 35.5. The predicted molar refractivity (Wildman–Crippen MR) is 111 cm³/mol. The summed E-state index contributed by atoms with van der Waals surface area (Å²) in [5.74, 6) is 1.36. The fourth-order valence-corrected chi connectivity index (χ4v) is 3.08. The van der Waals surface area contributed by atoms with Crippen LogP contribution in [0.1, 0.15) is 11.3 Å². The van der Waals surface area contributed by atoms with Crippen LogP contribution in [0.3, 0.4) is 0 Å². The number of carbonyl (C=O) groups is 1. The maximum atomic E-state index is 12.4. The molecule has 2 N–H and O–H groups in total. The molecule has 0 aliphatic carbocycles. The molecule has 0 spiro atoms. The van der Waals surface area contributed by atoms with Crippen molar-refractivity contribution in [2.45, 2.75) is 12.2 Å². The van der Waals surface area contributed by atoms with Crippen LogP contribution in [0.2, 0.25) is 0 Å². The van der Waals surface area contributed by atoms with Gasteiger partial charge in [0.2, 0.25) is 5.91 Å². The number of halogens is 2. The van der Waals surface area contributed by atoms with Gasteiger partial charge in [-0.25, -0.2) is 0 Å². The standard InChI is InChI=1S/C18H23N3OS.2ClH/c19-10-13-21(12-9-16-6-2-1-3-7-16)18(22)15-23-14-17-8-4-5-11-20-17;;/h1-8,11H,9-10,12-15,19H2;2*1H. The summed E-state index contributed by atoms with van der Waals surface area (Å²) in [5.41, 5.74) is 7.88. The van der Waals surface area contributed by atoms with Crippen LogP contribution >= 0.6 is 36.6 Å². The van der Waals surface area contributed by atoms with E-state index in [1.165, 1.54) is 5.56 Å². The van der Waals surface area contributed by atoms with Gasteiger partial charge in [0, 0.05) is 31.6 Å². The van der Waals surface area contributed by atoms with E-state index in [9.17, 15) is 4.79 Å². The molecule has 0 radical (unpaired) electrons. The second-order valence-electron chi connectivity index (χ2n) is 5.22. The lowest BCUT2D eigenvalue weighted by Gasteiger charge is -2.22. The van der Waals surface area contributed by atoms with Crippen LogP contribution in [0.25, 0.3) is 0 Å². The normalized spacial score (nSPS) is 9.64. The highest BCUT2D eigenvalue weighted by molar-refractivity contribution is 7.99. The Hall–Kier alpha value is -1.27. The number of hydrogen-bond acceptors (Lipinski definition) is 4. The van der Waals surface area contributed by atoms with E-state index < -0.39 is 0 Å². The molecule has 0 saturated carbocycles. The number of aromatic nitrogens is 1. The number of hydrogen-bond donors (Lipinski definition) is 1. The van der Waals surface area contributed by atoms with Gasteiger partial charge in [-0.1, -0.05) is 36.4 Å². The van der Waals surface area contributed by atoms with E-state index in [1.807, 2.05) is 41.3 Å². The average molecular weight is 402 g/mol. The van der Waals surface area contributed by atoms with E-state index in [0.717, 1.165) is 17.9 Å². The minimum Gasteiger partial charge on any atom is -0.340 e.